The molecule has 3 amide bonds. The molecule has 3 rings (SSSR count). The number of hydrogen-bond donors (Lipinski definition) is 3. The highest BCUT2D eigenvalue weighted by molar-refractivity contribution is 5.98. The number of amides is 3. The van der Waals surface area contributed by atoms with Crippen molar-refractivity contribution in [2.75, 3.05) is 10.6 Å². The smallest absolute Gasteiger partial charge is 0.320 e. The monoisotopic (exact) mass is 377 g/mol. The molecule has 3 aromatic rings. The molecule has 7 heteroatoms. The van der Waals surface area contributed by atoms with Crippen LogP contribution >= 0.6 is 0 Å². The molecule has 28 heavy (non-hydrogen) atoms. The van der Waals surface area contributed by atoms with Gasteiger partial charge in [-0.2, -0.15) is 0 Å². The number of urea groups is 1. The van der Waals surface area contributed by atoms with Gasteiger partial charge < -0.3 is 10.6 Å². The highest BCUT2D eigenvalue weighted by atomic mass is 16.2. The molecule has 0 unspecified atom stereocenters. The molecule has 0 bridgehead atoms. The van der Waals surface area contributed by atoms with Gasteiger partial charge in [-0.3, -0.25) is 10.1 Å². The van der Waals surface area contributed by atoms with Crippen LogP contribution in [-0.4, -0.2) is 27.4 Å². The maximum Gasteiger partial charge on any atom is 0.320 e. The van der Waals surface area contributed by atoms with Crippen LogP contribution in [0.15, 0.2) is 48.7 Å². The Morgan fingerprint density at radius 3 is 2.36 bits per heavy atom. The summed E-state index contributed by atoms with van der Waals surface area (Å²) in [4.78, 5) is 32.6. The van der Waals surface area contributed by atoms with Crippen molar-refractivity contribution in [1.82, 2.24) is 15.3 Å². The molecule has 0 fully saturated rings. The number of benzene rings is 1. The standard InChI is InChI=1S/C21H23N5O2/c1-13(27)23-18-11-17-15(12-22-18)10-16(14-8-6-5-7-9-14)19(24-17)25-20(28)26-21(2,3)4/h5-12H,1-4H3,(H,22,23,27)(H2,24,25,26,28). The molecule has 1 aromatic carbocycles. The number of nitrogens with one attached hydrogen (secondary N) is 3. The topological polar surface area (TPSA) is 96.0 Å². The highest BCUT2D eigenvalue weighted by Gasteiger charge is 2.17. The lowest BCUT2D eigenvalue weighted by Crippen LogP contribution is -2.43. The van der Waals surface area contributed by atoms with Crippen LogP contribution in [0.1, 0.15) is 27.7 Å². The average Bonchev–Trinajstić information content (AvgIpc) is 2.59. The van der Waals surface area contributed by atoms with E-state index in [2.05, 4.69) is 25.9 Å². The second kappa shape index (κ2) is 7.64. The molecule has 0 aliphatic carbocycles. The van der Waals surface area contributed by atoms with Crippen LogP contribution in [0.4, 0.5) is 16.4 Å². The summed E-state index contributed by atoms with van der Waals surface area (Å²) in [6, 6.07) is 13.0. The van der Waals surface area contributed by atoms with Gasteiger partial charge in [-0.15, -0.1) is 0 Å². The van der Waals surface area contributed by atoms with E-state index in [9.17, 15) is 9.59 Å². The van der Waals surface area contributed by atoms with E-state index in [4.69, 9.17) is 0 Å². The number of carbonyl (C=O) groups is 2. The van der Waals surface area contributed by atoms with Crippen LogP contribution in [0.5, 0.6) is 0 Å². The Balaban J connectivity index is 2.07. The Morgan fingerprint density at radius 2 is 1.71 bits per heavy atom. The minimum Gasteiger partial charge on any atom is -0.333 e. The number of aromatic nitrogens is 2. The molecule has 3 N–H and O–H groups in total. The molecule has 0 spiro atoms. The average molecular weight is 377 g/mol. The van der Waals surface area contributed by atoms with Crippen LogP contribution in [0, 0.1) is 0 Å². The Hall–Kier alpha value is -3.48. The zero-order chi connectivity index (χ0) is 20.3. The molecule has 7 nitrogen and oxygen atoms in total. The molecular formula is C21H23N5O2. The first-order valence-electron chi connectivity index (χ1n) is 8.94. The molecule has 2 aromatic heterocycles. The minimum atomic E-state index is -0.379. The number of fused-ring (bicyclic) bond motifs is 1. The quantitative estimate of drug-likeness (QED) is 0.638. The van der Waals surface area contributed by atoms with E-state index >= 15 is 0 Å². The van der Waals surface area contributed by atoms with Gasteiger partial charge in [-0.1, -0.05) is 30.3 Å². The van der Waals surface area contributed by atoms with E-state index in [0.717, 1.165) is 16.5 Å². The molecule has 0 aliphatic heterocycles. The molecule has 0 aliphatic rings. The fraction of sp³-hybridized carbons (Fsp3) is 0.238. The van der Waals surface area contributed by atoms with Crippen molar-refractivity contribution in [1.29, 1.82) is 0 Å². The summed E-state index contributed by atoms with van der Waals surface area (Å²) < 4.78 is 0. The summed E-state index contributed by atoms with van der Waals surface area (Å²) in [6.45, 7) is 7.14. The summed E-state index contributed by atoms with van der Waals surface area (Å²) in [5.41, 5.74) is 1.95. The summed E-state index contributed by atoms with van der Waals surface area (Å²) in [5, 5.41) is 9.17. The van der Waals surface area contributed by atoms with Crippen LogP contribution in [-0.2, 0) is 4.79 Å². The van der Waals surface area contributed by atoms with E-state index in [-0.39, 0.29) is 17.5 Å². The first kappa shape index (κ1) is 19.3. The third-order valence-corrected chi connectivity index (χ3v) is 3.81. The minimum absolute atomic E-state index is 0.212. The zero-order valence-corrected chi connectivity index (χ0v) is 16.3. The van der Waals surface area contributed by atoms with Gasteiger partial charge >= 0.3 is 6.03 Å². The Kier molecular flexibility index (Phi) is 5.26. The number of nitrogens with zero attached hydrogens (tertiary/aromatic N) is 2. The Morgan fingerprint density at radius 1 is 1.00 bits per heavy atom. The molecule has 144 valence electrons. The van der Waals surface area contributed by atoms with E-state index in [1.807, 2.05) is 57.2 Å². The van der Waals surface area contributed by atoms with Gasteiger partial charge in [-0.25, -0.2) is 14.8 Å². The van der Waals surface area contributed by atoms with Gasteiger partial charge in [0.15, 0.2) is 0 Å². The van der Waals surface area contributed by atoms with Crippen molar-refractivity contribution >= 4 is 34.5 Å². The molecular weight excluding hydrogens is 354 g/mol. The van der Waals surface area contributed by atoms with Gasteiger partial charge in [0.25, 0.3) is 0 Å². The molecule has 0 saturated carbocycles. The van der Waals surface area contributed by atoms with Crippen LogP contribution < -0.4 is 16.0 Å². The fourth-order valence-electron chi connectivity index (χ4n) is 2.73. The molecule has 0 saturated heterocycles. The van der Waals surface area contributed by atoms with Crippen molar-refractivity contribution in [3.63, 3.8) is 0 Å². The third-order valence-electron chi connectivity index (χ3n) is 3.81. The summed E-state index contributed by atoms with van der Waals surface area (Å²) in [7, 11) is 0. The largest absolute Gasteiger partial charge is 0.333 e. The number of pyridine rings is 2. The van der Waals surface area contributed by atoms with Gasteiger partial charge in [0.05, 0.1) is 5.52 Å². The lowest BCUT2D eigenvalue weighted by atomic mass is 10.0. The van der Waals surface area contributed by atoms with Crippen molar-refractivity contribution in [3.05, 3.63) is 48.7 Å². The first-order valence-corrected chi connectivity index (χ1v) is 8.94. The molecule has 0 atom stereocenters. The second-order valence-electron chi connectivity index (χ2n) is 7.52. The number of anilines is 2. The lowest BCUT2D eigenvalue weighted by molar-refractivity contribution is -0.114. The second-order valence-corrected chi connectivity index (χ2v) is 7.52. The number of carbonyl (C=O) groups excluding carboxylic acids is 2. The SMILES string of the molecule is CC(=O)Nc1cc2nc(NC(=O)NC(C)(C)C)c(-c3ccccc3)cc2cn1. The first-order chi connectivity index (χ1) is 13.2. The number of rotatable bonds is 3. The van der Waals surface area contributed by atoms with Crippen molar-refractivity contribution in [2.24, 2.45) is 0 Å². The van der Waals surface area contributed by atoms with Gasteiger partial charge in [0, 0.05) is 35.7 Å². The van der Waals surface area contributed by atoms with Crippen molar-refractivity contribution < 1.29 is 9.59 Å². The maximum atomic E-state index is 12.4. The lowest BCUT2D eigenvalue weighted by Gasteiger charge is -2.21. The number of hydrogen-bond acceptors (Lipinski definition) is 4. The van der Waals surface area contributed by atoms with Crippen molar-refractivity contribution in [2.45, 2.75) is 33.2 Å². The fourth-order valence-corrected chi connectivity index (χ4v) is 2.73. The van der Waals surface area contributed by atoms with Gasteiger partial charge in [-0.05, 0) is 32.4 Å². The summed E-state index contributed by atoms with van der Waals surface area (Å²) in [6.07, 6.45) is 1.65. The molecule has 2 heterocycles. The van der Waals surface area contributed by atoms with E-state index in [1.165, 1.54) is 6.92 Å². The summed E-state index contributed by atoms with van der Waals surface area (Å²) >= 11 is 0. The predicted octanol–water partition coefficient (Wildman–Crippen LogP) is 4.18. The van der Waals surface area contributed by atoms with Crippen LogP contribution in [0.25, 0.3) is 22.0 Å². The maximum absolute atomic E-state index is 12.4. The Labute approximate surface area is 163 Å². The Bertz CT molecular complexity index is 1030. The van der Waals surface area contributed by atoms with Crippen LogP contribution in [0.2, 0.25) is 0 Å². The predicted molar refractivity (Wildman–Crippen MR) is 111 cm³/mol. The van der Waals surface area contributed by atoms with E-state index < -0.39 is 0 Å². The third kappa shape index (κ3) is 4.82. The normalized spacial score (nSPS) is 11.1. The van der Waals surface area contributed by atoms with Gasteiger partial charge in [0.1, 0.15) is 11.6 Å². The van der Waals surface area contributed by atoms with E-state index in [1.54, 1.807) is 12.3 Å². The highest BCUT2D eigenvalue weighted by Crippen LogP contribution is 2.30. The molecule has 0 radical (unpaired) electrons. The summed E-state index contributed by atoms with van der Waals surface area (Å²) in [5.74, 6) is 0.626. The van der Waals surface area contributed by atoms with Gasteiger partial charge in [0.2, 0.25) is 5.91 Å². The van der Waals surface area contributed by atoms with Crippen molar-refractivity contribution in [3.8, 4) is 11.1 Å². The van der Waals surface area contributed by atoms with Crippen LogP contribution in [0.3, 0.4) is 0 Å². The van der Waals surface area contributed by atoms with E-state index in [0.29, 0.717) is 17.2 Å². The zero-order valence-electron chi connectivity index (χ0n) is 16.3.